The number of amides is 1. The Morgan fingerprint density at radius 1 is 1.12 bits per heavy atom. The normalized spacial score (nSPS) is 10.3. The van der Waals surface area contributed by atoms with Gasteiger partial charge in [0.15, 0.2) is 0 Å². The fraction of sp³-hybridized carbons (Fsp3) is 0.105. The van der Waals surface area contributed by atoms with Crippen LogP contribution in [0.15, 0.2) is 54.9 Å². The fourth-order valence-corrected chi connectivity index (χ4v) is 2.48. The van der Waals surface area contributed by atoms with Crippen molar-refractivity contribution >= 4 is 34.7 Å². The number of methoxy groups -OCH3 is 1. The highest BCUT2D eigenvalue weighted by Crippen LogP contribution is 2.26. The maximum atomic E-state index is 12.4. The lowest BCUT2D eigenvalue weighted by molar-refractivity contribution is 0.102. The maximum Gasteiger partial charge on any atom is 0.274 e. The van der Waals surface area contributed by atoms with E-state index in [2.05, 4.69) is 20.6 Å². The molecule has 0 saturated heterocycles. The molecule has 0 atom stereocenters. The molecule has 0 spiro atoms. The van der Waals surface area contributed by atoms with Gasteiger partial charge >= 0.3 is 0 Å². The number of halogens is 1. The maximum absolute atomic E-state index is 12.4. The number of carbonyl (C=O) groups excluding carboxylic acids is 1. The van der Waals surface area contributed by atoms with E-state index < -0.39 is 0 Å². The van der Waals surface area contributed by atoms with Crippen molar-refractivity contribution < 1.29 is 9.53 Å². The van der Waals surface area contributed by atoms with Crippen molar-refractivity contribution in [1.29, 1.82) is 0 Å². The SMILES string of the molecule is COc1ccccc1Nc1cc(C(=O)Nc2ccc(C)c(Cl)c2)ncn1. The Balaban J connectivity index is 1.78. The minimum absolute atomic E-state index is 0.231. The Labute approximate surface area is 156 Å². The lowest BCUT2D eigenvalue weighted by atomic mass is 10.2. The molecule has 1 heterocycles. The minimum Gasteiger partial charge on any atom is -0.495 e. The molecule has 0 bridgehead atoms. The summed E-state index contributed by atoms with van der Waals surface area (Å²) >= 11 is 6.09. The zero-order valence-electron chi connectivity index (χ0n) is 14.3. The van der Waals surface area contributed by atoms with Gasteiger partial charge in [0, 0.05) is 16.8 Å². The topological polar surface area (TPSA) is 76.1 Å². The molecule has 7 heteroatoms. The molecule has 0 aliphatic rings. The van der Waals surface area contributed by atoms with Crippen molar-refractivity contribution in [1.82, 2.24) is 9.97 Å². The number of anilines is 3. The molecule has 0 aliphatic heterocycles. The number of nitrogens with one attached hydrogen (secondary N) is 2. The van der Waals surface area contributed by atoms with Crippen molar-refractivity contribution in [3.8, 4) is 5.75 Å². The van der Waals surface area contributed by atoms with Crippen molar-refractivity contribution in [3.05, 3.63) is 71.1 Å². The van der Waals surface area contributed by atoms with Crippen molar-refractivity contribution in [2.75, 3.05) is 17.7 Å². The molecule has 0 unspecified atom stereocenters. The smallest absolute Gasteiger partial charge is 0.274 e. The average Bonchev–Trinajstić information content (AvgIpc) is 2.65. The largest absolute Gasteiger partial charge is 0.495 e. The molecule has 132 valence electrons. The molecule has 2 aromatic carbocycles. The molecule has 2 N–H and O–H groups in total. The molecule has 3 aromatic rings. The monoisotopic (exact) mass is 368 g/mol. The van der Waals surface area contributed by atoms with Gasteiger partial charge in [0.05, 0.1) is 12.8 Å². The second kappa shape index (κ2) is 7.84. The third-order valence-electron chi connectivity index (χ3n) is 3.70. The van der Waals surface area contributed by atoms with E-state index in [0.717, 1.165) is 11.3 Å². The van der Waals surface area contributed by atoms with Gasteiger partial charge in [-0.05, 0) is 36.8 Å². The number of aryl methyl sites for hydroxylation is 1. The number of para-hydroxylation sites is 2. The Kier molecular flexibility index (Phi) is 5.34. The van der Waals surface area contributed by atoms with Crippen molar-refractivity contribution in [2.24, 2.45) is 0 Å². The number of hydrogen-bond donors (Lipinski definition) is 2. The van der Waals surface area contributed by atoms with Gasteiger partial charge in [-0.25, -0.2) is 9.97 Å². The molecule has 0 radical (unpaired) electrons. The quantitative estimate of drug-likeness (QED) is 0.696. The summed E-state index contributed by atoms with van der Waals surface area (Å²) in [4.78, 5) is 20.6. The average molecular weight is 369 g/mol. The summed E-state index contributed by atoms with van der Waals surface area (Å²) in [6, 6.07) is 14.3. The van der Waals surface area contributed by atoms with E-state index in [1.165, 1.54) is 6.33 Å². The van der Waals surface area contributed by atoms with E-state index in [-0.39, 0.29) is 11.6 Å². The third-order valence-corrected chi connectivity index (χ3v) is 4.11. The summed E-state index contributed by atoms with van der Waals surface area (Å²) in [5, 5.41) is 6.48. The van der Waals surface area contributed by atoms with Gasteiger partial charge in [-0.1, -0.05) is 29.8 Å². The number of rotatable bonds is 5. The predicted molar refractivity (Wildman–Crippen MR) is 102 cm³/mol. The molecule has 3 rings (SSSR count). The van der Waals surface area contributed by atoms with Crippen LogP contribution in [-0.2, 0) is 0 Å². The molecular weight excluding hydrogens is 352 g/mol. The Bertz CT molecular complexity index is 946. The number of benzene rings is 2. The van der Waals surface area contributed by atoms with Gasteiger partial charge in [0.25, 0.3) is 5.91 Å². The van der Waals surface area contributed by atoms with E-state index in [1.807, 2.05) is 37.3 Å². The number of ether oxygens (including phenoxy) is 1. The van der Waals surface area contributed by atoms with E-state index in [0.29, 0.717) is 22.3 Å². The lowest BCUT2D eigenvalue weighted by Gasteiger charge is -2.11. The highest BCUT2D eigenvalue weighted by atomic mass is 35.5. The summed E-state index contributed by atoms with van der Waals surface area (Å²) in [5.74, 6) is 0.804. The first-order valence-electron chi connectivity index (χ1n) is 7.86. The highest BCUT2D eigenvalue weighted by molar-refractivity contribution is 6.31. The lowest BCUT2D eigenvalue weighted by Crippen LogP contribution is -2.14. The molecule has 1 amide bonds. The molecule has 1 aromatic heterocycles. The Hall–Kier alpha value is -3.12. The second-order valence-corrected chi connectivity index (χ2v) is 5.94. The summed E-state index contributed by atoms with van der Waals surface area (Å²) < 4.78 is 5.30. The summed E-state index contributed by atoms with van der Waals surface area (Å²) in [6.07, 6.45) is 1.33. The third kappa shape index (κ3) is 4.10. The van der Waals surface area contributed by atoms with Gasteiger partial charge in [0.1, 0.15) is 23.6 Å². The second-order valence-electron chi connectivity index (χ2n) is 5.53. The van der Waals surface area contributed by atoms with E-state index >= 15 is 0 Å². The van der Waals surface area contributed by atoms with Gasteiger partial charge in [-0.3, -0.25) is 4.79 Å². The summed E-state index contributed by atoms with van der Waals surface area (Å²) in [5.41, 5.74) is 2.51. The fourth-order valence-electron chi connectivity index (χ4n) is 2.30. The molecular formula is C19H17ClN4O2. The number of carbonyl (C=O) groups is 1. The van der Waals surface area contributed by atoms with Gasteiger partial charge in [0.2, 0.25) is 0 Å². The van der Waals surface area contributed by atoms with E-state index in [4.69, 9.17) is 16.3 Å². The molecule has 26 heavy (non-hydrogen) atoms. The van der Waals surface area contributed by atoms with Crippen LogP contribution >= 0.6 is 11.6 Å². The Morgan fingerprint density at radius 2 is 1.92 bits per heavy atom. The van der Waals surface area contributed by atoms with Gasteiger partial charge in [-0.15, -0.1) is 0 Å². The molecule has 0 aliphatic carbocycles. The number of nitrogens with zero attached hydrogens (tertiary/aromatic N) is 2. The van der Waals surface area contributed by atoms with Crippen LogP contribution in [0, 0.1) is 6.92 Å². The zero-order chi connectivity index (χ0) is 18.5. The van der Waals surface area contributed by atoms with Crippen molar-refractivity contribution in [2.45, 2.75) is 6.92 Å². The Morgan fingerprint density at radius 3 is 2.69 bits per heavy atom. The summed E-state index contributed by atoms with van der Waals surface area (Å²) in [7, 11) is 1.59. The molecule has 0 fully saturated rings. The van der Waals surface area contributed by atoms with Crippen LogP contribution in [0.3, 0.4) is 0 Å². The van der Waals surface area contributed by atoms with E-state index in [1.54, 1.807) is 25.3 Å². The van der Waals surface area contributed by atoms with Crippen LogP contribution in [0.4, 0.5) is 17.2 Å². The molecule has 6 nitrogen and oxygen atoms in total. The predicted octanol–water partition coefficient (Wildman–Crippen LogP) is 4.44. The first-order valence-corrected chi connectivity index (χ1v) is 8.24. The van der Waals surface area contributed by atoms with Crippen LogP contribution < -0.4 is 15.4 Å². The van der Waals surface area contributed by atoms with Gasteiger partial charge < -0.3 is 15.4 Å². The molecule has 0 saturated carbocycles. The zero-order valence-corrected chi connectivity index (χ0v) is 15.0. The number of aromatic nitrogens is 2. The highest BCUT2D eigenvalue weighted by Gasteiger charge is 2.11. The minimum atomic E-state index is -0.351. The first-order chi connectivity index (χ1) is 12.6. The van der Waals surface area contributed by atoms with Gasteiger partial charge in [-0.2, -0.15) is 0 Å². The van der Waals surface area contributed by atoms with Crippen LogP contribution in [0.25, 0.3) is 0 Å². The van der Waals surface area contributed by atoms with Crippen LogP contribution in [-0.4, -0.2) is 23.0 Å². The van der Waals surface area contributed by atoms with E-state index in [9.17, 15) is 4.79 Å². The summed E-state index contributed by atoms with van der Waals surface area (Å²) in [6.45, 7) is 1.90. The first kappa shape index (κ1) is 17.7. The van der Waals surface area contributed by atoms with Crippen molar-refractivity contribution in [3.63, 3.8) is 0 Å². The van der Waals surface area contributed by atoms with Crippen LogP contribution in [0.1, 0.15) is 16.1 Å². The standard InChI is InChI=1S/C19H17ClN4O2/c1-12-7-8-13(9-14(12)20)23-19(25)16-10-18(22-11-21-16)24-15-5-3-4-6-17(15)26-2/h3-11H,1-2H3,(H,23,25)(H,21,22,24). The number of hydrogen-bond acceptors (Lipinski definition) is 5. The van der Waals surface area contributed by atoms with Crippen LogP contribution in [0.2, 0.25) is 5.02 Å². The van der Waals surface area contributed by atoms with Crippen LogP contribution in [0.5, 0.6) is 5.75 Å².